The fourth-order valence-corrected chi connectivity index (χ4v) is 4.86. The maximum Gasteiger partial charge on any atom is 0.244 e. The van der Waals surface area contributed by atoms with E-state index in [1.807, 2.05) is 0 Å². The van der Waals surface area contributed by atoms with Crippen LogP contribution in [0.5, 0.6) is 0 Å². The average Bonchev–Trinajstić information content (AvgIpc) is 2.47. The van der Waals surface area contributed by atoms with Gasteiger partial charge in [0.15, 0.2) is 14.6 Å². The van der Waals surface area contributed by atoms with Crippen molar-refractivity contribution in [3.05, 3.63) is 0 Å². The van der Waals surface area contributed by atoms with Crippen molar-refractivity contribution in [2.75, 3.05) is 32.4 Å². The number of piperidine rings is 2. The summed E-state index contributed by atoms with van der Waals surface area (Å²) < 4.78 is 23.4. The highest BCUT2D eigenvalue weighted by molar-refractivity contribution is 7.92. The van der Waals surface area contributed by atoms with Gasteiger partial charge in [0, 0.05) is 19.3 Å². The minimum Gasteiger partial charge on any atom is -0.341 e. The monoisotopic (exact) mass is 352 g/mol. The summed E-state index contributed by atoms with van der Waals surface area (Å²) in [7, 11) is -3.40. The molecule has 0 unspecified atom stereocenters. The highest BCUT2D eigenvalue weighted by Gasteiger charge is 2.51. The van der Waals surface area contributed by atoms with Gasteiger partial charge >= 0.3 is 0 Å². The van der Waals surface area contributed by atoms with Crippen molar-refractivity contribution in [2.45, 2.75) is 50.7 Å². The van der Waals surface area contributed by atoms with Crippen LogP contribution in [0.2, 0.25) is 0 Å². The second-order valence-electron chi connectivity index (χ2n) is 6.97. The van der Waals surface area contributed by atoms with Crippen LogP contribution in [0.3, 0.4) is 0 Å². The molecule has 2 aliphatic rings. The summed E-state index contributed by atoms with van der Waals surface area (Å²) in [5.41, 5.74) is 0.295. The summed E-state index contributed by atoms with van der Waals surface area (Å²) in [6.45, 7) is 7.01. The summed E-state index contributed by atoms with van der Waals surface area (Å²) in [5.74, 6) is -0.162. The van der Waals surface area contributed by atoms with E-state index in [1.165, 1.54) is 6.26 Å². The number of carbonyl (C=O) groups excluding carboxylic acids is 1. The van der Waals surface area contributed by atoms with E-state index < -0.39 is 14.6 Å². The topological polar surface area (TPSA) is 66.5 Å². The lowest BCUT2D eigenvalue weighted by atomic mass is 9.78. The van der Waals surface area contributed by atoms with Crippen molar-refractivity contribution >= 4 is 28.2 Å². The first-order valence-electron chi connectivity index (χ1n) is 7.94. The molecule has 0 aliphatic carbocycles. The van der Waals surface area contributed by atoms with E-state index in [-0.39, 0.29) is 18.3 Å². The highest BCUT2D eigenvalue weighted by atomic mass is 35.5. The molecule has 2 heterocycles. The molecular formula is C15H29ClN2O3S. The van der Waals surface area contributed by atoms with E-state index >= 15 is 0 Å². The highest BCUT2D eigenvalue weighted by Crippen LogP contribution is 2.37. The predicted molar refractivity (Wildman–Crippen MR) is 91.1 cm³/mol. The Kier molecular flexibility index (Phi) is 6.32. The Balaban J connectivity index is 0.00000242. The Bertz CT molecular complexity index is 493. The fraction of sp³-hybridized carbons (Fsp3) is 0.933. The molecule has 5 nitrogen and oxygen atoms in total. The SMILES string of the molecule is CCC1(C)CCN(C(=O)C2(S(C)(=O)=O)CCNCC2)CC1.Cl. The minimum absolute atomic E-state index is 0. The standard InChI is InChI=1S/C15H28N2O3S.ClH/c1-4-14(2)7-11-17(12-8-14)13(18)15(21(3,19)20)5-9-16-10-6-15;/h16H,4-12H2,1-3H3;1H. The van der Waals surface area contributed by atoms with Gasteiger partial charge in [0.2, 0.25) is 5.91 Å². The third-order valence-electron chi connectivity index (χ3n) is 5.62. The molecule has 2 rings (SSSR count). The second-order valence-corrected chi connectivity index (χ2v) is 9.30. The van der Waals surface area contributed by atoms with Crippen LogP contribution < -0.4 is 5.32 Å². The predicted octanol–water partition coefficient (Wildman–Crippen LogP) is 1.61. The molecule has 2 fully saturated rings. The van der Waals surface area contributed by atoms with Crippen LogP contribution in [-0.2, 0) is 14.6 Å². The molecule has 1 amide bonds. The van der Waals surface area contributed by atoms with Crippen LogP contribution >= 0.6 is 12.4 Å². The number of rotatable bonds is 3. The van der Waals surface area contributed by atoms with Gasteiger partial charge in [-0.1, -0.05) is 20.3 Å². The van der Waals surface area contributed by atoms with Gasteiger partial charge < -0.3 is 10.2 Å². The summed E-state index contributed by atoms with van der Waals surface area (Å²) >= 11 is 0. The molecule has 1 N–H and O–H groups in total. The molecule has 0 atom stereocenters. The Hall–Kier alpha value is -0.330. The number of amides is 1. The first kappa shape index (κ1) is 19.7. The lowest BCUT2D eigenvalue weighted by Crippen LogP contribution is -2.59. The van der Waals surface area contributed by atoms with Crippen LogP contribution in [0.25, 0.3) is 0 Å². The van der Waals surface area contributed by atoms with Crippen LogP contribution in [0, 0.1) is 5.41 Å². The van der Waals surface area contributed by atoms with E-state index in [2.05, 4.69) is 19.2 Å². The molecule has 22 heavy (non-hydrogen) atoms. The largest absolute Gasteiger partial charge is 0.341 e. The van der Waals surface area contributed by atoms with Crippen LogP contribution in [0.15, 0.2) is 0 Å². The fourth-order valence-electron chi connectivity index (χ4n) is 3.47. The zero-order chi connectivity index (χ0) is 15.7. The molecule has 2 aliphatic heterocycles. The van der Waals surface area contributed by atoms with Crippen LogP contribution in [-0.4, -0.2) is 56.4 Å². The number of nitrogens with zero attached hydrogens (tertiary/aromatic N) is 1. The zero-order valence-electron chi connectivity index (χ0n) is 13.9. The number of nitrogens with one attached hydrogen (secondary N) is 1. The van der Waals surface area contributed by atoms with Gasteiger partial charge in [-0.05, 0) is 44.2 Å². The first-order chi connectivity index (χ1) is 9.74. The molecule has 130 valence electrons. The zero-order valence-corrected chi connectivity index (χ0v) is 15.5. The normalized spacial score (nSPS) is 24.4. The number of sulfone groups is 1. The molecule has 7 heteroatoms. The van der Waals surface area contributed by atoms with E-state index in [4.69, 9.17) is 0 Å². The van der Waals surface area contributed by atoms with Crippen molar-refractivity contribution in [3.63, 3.8) is 0 Å². The maximum absolute atomic E-state index is 12.9. The summed E-state index contributed by atoms with van der Waals surface area (Å²) in [6, 6.07) is 0. The van der Waals surface area contributed by atoms with Gasteiger partial charge in [-0.15, -0.1) is 12.4 Å². The third kappa shape index (κ3) is 3.60. The summed E-state index contributed by atoms with van der Waals surface area (Å²) in [6.07, 6.45) is 5.05. The maximum atomic E-state index is 12.9. The van der Waals surface area contributed by atoms with Gasteiger partial charge in [-0.25, -0.2) is 8.42 Å². The van der Waals surface area contributed by atoms with Crippen molar-refractivity contribution in [2.24, 2.45) is 5.41 Å². The van der Waals surface area contributed by atoms with Gasteiger partial charge in [0.05, 0.1) is 0 Å². The molecular weight excluding hydrogens is 324 g/mol. The van der Waals surface area contributed by atoms with Gasteiger partial charge in [-0.3, -0.25) is 4.79 Å². The van der Waals surface area contributed by atoms with E-state index in [1.54, 1.807) is 4.90 Å². The number of carbonyl (C=O) groups is 1. The van der Waals surface area contributed by atoms with Crippen molar-refractivity contribution in [1.29, 1.82) is 0 Å². The molecule has 0 aromatic heterocycles. The number of hydrogen-bond donors (Lipinski definition) is 1. The Morgan fingerprint density at radius 3 is 2.05 bits per heavy atom. The van der Waals surface area contributed by atoms with E-state index in [0.717, 1.165) is 19.3 Å². The molecule has 0 aromatic rings. The minimum atomic E-state index is -3.40. The number of likely N-dealkylation sites (tertiary alicyclic amines) is 1. The van der Waals surface area contributed by atoms with Gasteiger partial charge in [-0.2, -0.15) is 0 Å². The Labute approximate surface area is 140 Å². The van der Waals surface area contributed by atoms with Gasteiger partial charge in [0.25, 0.3) is 0 Å². The molecule has 0 radical (unpaired) electrons. The molecule has 2 saturated heterocycles. The first-order valence-corrected chi connectivity index (χ1v) is 9.83. The van der Waals surface area contributed by atoms with Crippen molar-refractivity contribution in [1.82, 2.24) is 10.2 Å². The average molecular weight is 353 g/mol. The van der Waals surface area contributed by atoms with Crippen LogP contribution in [0.4, 0.5) is 0 Å². The summed E-state index contributed by atoms with van der Waals surface area (Å²) in [4.78, 5) is 14.7. The molecule has 0 bridgehead atoms. The third-order valence-corrected chi connectivity index (χ3v) is 7.62. The lowest BCUT2D eigenvalue weighted by Gasteiger charge is -2.43. The summed E-state index contributed by atoms with van der Waals surface area (Å²) in [5, 5.41) is 3.16. The Morgan fingerprint density at radius 2 is 1.64 bits per heavy atom. The smallest absolute Gasteiger partial charge is 0.244 e. The van der Waals surface area contributed by atoms with E-state index in [0.29, 0.717) is 44.4 Å². The number of halogens is 1. The van der Waals surface area contributed by atoms with Crippen LogP contribution in [0.1, 0.15) is 46.0 Å². The second kappa shape index (κ2) is 7.05. The lowest BCUT2D eigenvalue weighted by molar-refractivity contribution is -0.137. The van der Waals surface area contributed by atoms with Gasteiger partial charge in [0.1, 0.15) is 0 Å². The van der Waals surface area contributed by atoms with Crippen molar-refractivity contribution in [3.8, 4) is 0 Å². The molecule has 0 saturated carbocycles. The number of hydrogen-bond acceptors (Lipinski definition) is 4. The van der Waals surface area contributed by atoms with E-state index in [9.17, 15) is 13.2 Å². The molecule has 0 spiro atoms. The Morgan fingerprint density at radius 1 is 1.14 bits per heavy atom. The quantitative estimate of drug-likeness (QED) is 0.838. The van der Waals surface area contributed by atoms with Crippen molar-refractivity contribution < 1.29 is 13.2 Å². The molecule has 0 aromatic carbocycles.